The number of Topliss-reactive ketones (excluding diaryl/α,β-unsaturated/α-hetero) is 1. The zero-order valence-corrected chi connectivity index (χ0v) is 66.2. The van der Waals surface area contributed by atoms with E-state index < -0.39 is 219 Å². The van der Waals surface area contributed by atoms with Crippen molar-refractivity contribution in [3.63, 3.8) is 0 Å². The van der Waals surface area contributed by atoms with Crippen LogP contribution in [0.4, 0.5) is 0 Å². The number of rotatable bonds is 16. The summed E-state index contributed by atoms with van der Waals surface area (Å²) in [5, 5.41) is 33.7. The molecule has 113 heavy (non-hydrogen) atoms. The maximum absolute atomic E-state index is 15.5. The molecule has 8 N–H and O–H groups in total. The number of aromatic amines is 2. The Balaban J connectivity index is 1.04. The summed E-state index contributed by atoms with van der Waals surface area (Å²) in [6.45, 7) is 0.721. The number of nitrogens with one attached hydrogen (secondary N) is 6. The van der Waals surface area contributed by atoms with Crippen LogP contribution in [-0.4, -0.2) is 287 Å². The normalized spacial score (nSPS) is 25.4. The SMILES string of the molecule is CC1[C@H]2C(=O)N1[C@@H](Cc1c[nH]c3ccccc13)C(=O)C[C@H](C(=O)N1CCC[C@H]1C(=O)O)CC(=O)N[C@@H](O)CC(=O)N[C@@H](CCS(C)(=O)=O)C(=O)N(C)[C@@H](Cc1ccccc1)C(=O)N[C@@H](Cc1c[nH]c3ccccc13)C(=O)N1CCC[C@H]1C(=O)N(C)CC(=O)N(C)[C@@H](Cc1ccc(Cl)cc1)C(=O)N[C@@H](CCS(C)(=O)=O)C(=O)N2C. The fourth-order valence-corrected chi connectivity index (χ4v) is 17.0. The first-order valence-electron chi connectivity index (χ1n) is 37.3. The molecule has 0 spiro atoms. The summed E-state index contributed by atoms with van der Waals surface area (Å²) < 4.78 is 51.7. The van der Waals surface area contributed by atoms with Gasteiger partial charge in [-0.3, -0.25) is 57.5 Å². The van der Waals surface area contributed by atoms with Gasteiger partial charge in [-0.25, -0.2) is 21.6 Å². The van der Waals surface area contributed by atoms with Gasteiger partial charge in [-0.15, -0.1) is 0 Å². The third-order valence-electron chi connectivity index (χ3n) is 21.7. The van der Waals surface area contributed by atoms with E-state index in [2.05, 4.69) is 31.2 Å². The van der Waals surface area contributed by atoms with E-state index in [0.29, 0.717) is 49.1 Å². The summed E-state index contributed by atoms with van der Waals surface area (Å²) in [4.78, 5) is 207. The highest BCUT2D eigenvalue weighted by Crippen LogP contribution is 2.34. The van der Waals surface area contributed by atoms with Crippen molar-refractivity contribution in [2.45, 2.75) is 157 Å². The van der Waals surface area contributed by atoms with Crippen LogP contribution in [-0.2, 0) is 108 Å². The lowest BCUT2D eigenvalue weighted by atomic mass is 9.85. The number of hydrogen-bond donors (Lipinski definition) is 8. The number of halogens is 1. The van der Waals surface area contributed by atoms with Crippen LogP contribution in [0.1, 0.15) is 87.0 Å². The molecule has 6 aromatic rings. The van der Waals surface area contributed by atoms with Gasteiger partial charge >= 0.3 is 5.97 Å². The minimum Gasteiger partial charge on any atom is -0.480 e. The molecule has 5 saturated heterocycles. The Morgan fingerprint density at radius 1 is 0.540 bits per heavy atom. The lowest BCUT2D eigenvalue weighted by Gasteiger charge is -2.52. The van der Waals surface area contributed by atoms with Crippen molar-refractivity contribution in [1.29, 1.82) is 0 Å². The van der Waals surface area contributed by atoms with E-state index >= 15 is 33.6 Å². The second-order valence-corrected chi connectivity index (χ2v) is 34.8. The highest BCUT2D eigenvalue weighted by molar-refractivity contribution is 7.90. The molecule has 2 bridgehead atoms. The summed E-state index contributed by atoms with van der Waals surface area (Å²) in [6, 6.07) is 14.2. The number of likely N-dealkylation sites (tertiary alicyclic amines) is 1. The highest BCUT2D eigenvalue weighted by Gasteiger charge is 2.54. The first-order valence-corrected chi connectivity index (χ1v) is 41.8. The van der Waals surface area contributed by atoms with Crippen molar-refractivity contribution >= 4 is 130 Å². The van der Waals surface area contributed by atoms with Crippen molar-refractivity contribution in [2.24, 2.45) is 5.92 Å². The second kappa shape index (κ2) is 36.5. The molecule has 35 heteroatoms. The van der Waals surface area contributed by atoms with Gasteiger partial charge in [0.15, 0.2) is 5.78 Å². The minimum absolute atomic E-state index is 0.00710. The van der Waals surface area contributed by atoms with Crippen LogP contribution >= 0.6 is 11.6 Å². The predicted molar refractivity (Wildman–Crippen MR) is 415 cm³/mol. The van der Waals surface area contributed by atoms with Gasteiger partial charge in [-0.1, -0.05) is 90.5 Å². The van der Waals surface area contributed by atoms with E-state index in [-0.39, 0.29) is 64.5 Å². The number of para-hydroxylation sites is 2. The van der Waals surface area contributed by atoms with Crippen molar-refractivity contribution in [1.82, 2.24) is 65.5 Å². The maximum Gasteiger partial charge on any atom is 0.326 e. The van der Waals surface area contributed by atoms with Gasteiger partial charge in [0, 0.05) is 132 Å². The number of carbonyl (C=O) groups excluding carboxylic acids is 12. The molecule has 2 aromatic heterocycles. The Bertz CT molecular complexity index is 4850. The van der Waals surface area contributed by atoms with Crippen LogP contribution in [0, 0.1) is 5.92 Å². The molecular weight excluding hydrogens is 1520 g/mol. The van der Waals surface area contributed by atoms with Crippen LogP contribution in [0.5, 0.6) is 0 Å². The molecule has 0 radical (unpaired) electrons. The molecule has 5 aliphatic heterocycles. The first-order chi connectivity index (χ1) is 53.5. The number of carbonyl (C=O) groups is 13. The Labute approximate surface area is 658 Å². The molecule has 11 amide bonds. The molecule has 32 nitrogen and oxygen atoms in total. The monoisotopic (exact) mass is 1620 g/mol. The number of ketones is 1. The number of carboxylic acid groups (broad SMARTS) is 1. The van der Waals surface area contributed by atoms with Crippen molar-refractivity contribution < 1.29 is 89.4 Å². The van der Waals surface area contributed by atoms with Gasteiger partial charge in [0.2, 0.25) is 65.0 Å². The second-order valence-electron chi connectivity index (χ2n) is 29.9. The highest BCUT2D eigenvalue weighted by atomic mass is 35.5. The average molecular weight is 1620 g/mol. The molecule has 606 valence electrons. The van der Waals surface area contributed by atoms with Crippen molar-refractivity contribution in [3.8, 4) is 0 Å². The van der Waals surface area contributed by atoms with Crippen LogP contribution in [0.2, 0.25) is 5.02 Å². The summed E-state index contributed by atoms with van der Waals surface area (Å²) in [6.07, 6.45) is -1.28. The third-order valence-corrected chi connectivity index (χ3v) is 23.9. The molecule has 4 aromatic carbocycles. The van der Waals surface area contributed by atoms with Gasteiger partial charge in [-0.05, 0) is 92.0 Å². The number of β-lactam (4-membered cyclic amide) rings is 1. The average Bonchev–Trinajstić information content (AvgIpc) is 1.37. The van der Waals surface area contributed by atoms with E-state index in [1.54, 1.807) is 116 Å². The zero-order valence-electron chi connectivity index (χ0n) is 63.8. The molecule has 0 aliphatic carbocycles. The molecule has 1 unspecified atom stereocenters. The largest absolute Gasteiger partial charge is 0.480 e. The number of hydrogen-bond acceptors (Lipinski definition) is 18. The third kappa shape index (κ3) is 20.8. The summed E-state index contributed by atoms with van der Waals surface area (Å²) in [5.74, 6) is -15.4. The van der Waals surface area contributed by atoms with Crippen LogP contribution < -0.4 is 21.3 Å². The van der Waals surface area contributed by atoms with Crippen LogP contribution in [0.15, 0.2) is 116 Å². The number of benzene rings is 4. The van der Waals surface area contributed by atoms with E-state index in [4.69, 9.17) is 11.6 Å². The van der Waals surface area contributed by atoms with Gasteiger partial charge in [0.05, 0.1) is 42.5 Å². The van der Waals surface area contributed by atoms with Gasteiger partial charge < -0.3 is 75.7 Å². The number of nitrogens with zero attached hydrogens (tertiary/aromatic N) is 7. The van der Waals surface area contributed by atoms with E-state index in [9.17, 15) is 55.8 Å². The molecule has 12 atom stereocenters. The Morgan fingerprint density at radius 2 is 1.06 bits per heavy atom. The zero-order chi connectivity index (χ0) is 82.1. The van der Waals surface area contributed by atoms with Gasteiger partial charge in [0.25, 0.3) is 0 Å². The predicted octanol–water partition coefficient (Wildman–Crippen LogP) is 1.31. The quantitative estimate of drug-likeness (QED) is 0.0500. The number of H-pyrrole nitrogens is 2. The number of likely N-dealkylation sites (N-methyl/N-ethyl adjacent to an activating group) is 4. The number of amides is 11. The number of sulfone groups is 2. The lowest BCUT2D eigenvalue weighted by Crippen LogP contribution is -2.74. The van der Waals surface area contributed by atoms with Crippen LogP contribution in [0.3, 0.4) is 0 Å². The van der Waals surface area contributed by atoms with Crippen LogP contribution in [0.25, 0.3) is 21.8 Å². The van der Waals surface area contributed by atoms with Crippen molar-refractivity contribution in [3.05, 3.63) is 143 Å². The minimum atomic E-state index is -3.90. The fourth-order valence-electron chi connectivity index (χ4n) is 15.5. The number of fused-ring (bicyclic) bond motifs is 30. The lowest BCUT2D eigenvalue weighted by molar-refractivity contribution is -0.170. The number of carboxylic acids is 1. The van der Waals surface area contributed by atoms with Gasteiger partial charge in [0.1, 0.15) is 74.2 Å². The Kier molecular flexibility index (Phi) is 27.4. The first kappa shape index (κ1) is 84.9. The number of aromatic nitrogens is 2. The molecular formula is C78H96ClN13O19S2. The summed E-state index contributed by atoms with van der Waals surface area (Å²) in [5.41, 5.74) is 3.35. The maximum atomic E-state index is 15.5. The van der Waals surface area contributed by atoms with E-state index in [1.165, 1.54) is 44.9 Å². The van der Waals surface area contributed by atoms with Crippen molar-refractivity contribution in [2.75, 3.05) is 71.8 Å². The molecule has 5 aliphatic rings. The fraction of sp³-hybridized carbons (Fsp3) is 0.474. The standard InChI is InChI=1S/C78H96ClN13O19S2/c1-45-69-77(105)92(45)61(38-50-43-81-55-22-14-12-20-53(50)55)64(93)39-48(72(100)91-32-16-24-60(91)78(106)107)40-65(94)85-67(96)41-66(95)82-56(29-33-112(6,108)109)73(101)88(4)63(35-46-17-9-8-10-18-46)71(99)84-58(37-49-42-80-54-21-13-11-19-52(49)54)75(103)90-31-15-23-59(90)76(104)86(2)44-68(97)87(3)62(36-47-25-27-51(79)28-26-47)70(98)83-57(74(102)89(69)5)30-34-113(7,110)111/h8-14,17-22,25-28,42-43,45,48,56-63,67,69,80-81,96H,15-16,23-24,29-41,44H2,1-7H3,(H,82,95)(H,83,98)(H,84,99)(H,85,94)(H,106,107)/t45?,48-,56-,57-,58-,59-,60-,61-,62-,63-,67-,69-/m0/s1. The topological polar surface area (TPSA) is 433 Å². The molecule has 11 rings (SSSR count). The van der Waals surface area contributed by atoms with E-state index in [0.717, 1.165) is 37.0 Å². The Hall–Kier alpha value is -10.6. The smallest absolute Gasteiger partial charge is 0.326 e. The van der Waals surface area contributed by atoms with Gasteiger partial charge in [-0.2, -0.15) is 0 Å². The summed E-state index contributed by atoms with van der Waals surface area (Å²) in [7, 11) is -2.71. The molecule has 0 saturated carbocycles. The number of aliphatic hydroxyl groups is 1. The molecule has 7 heterocycles. The molecule has 5 fully saturated rings. The Morgan fingerprint density at radius 3 is 1.65 bits per heavy atom. The number of aliphatic carboxylic acids is 1. The van der Waals surface area contributed by atoms with E-state index in [1.807, 2.05) is 0 Å². The summed E-state index contributed by atoms with van der Waals surface area (Å²) >= 11 is 6.29. The number of aliphatic hydroxyl groups excluding tert-OH is 1.